The fourth-order valence-electron chi connectivity index (χ4n) is 4.65. The van der Waals surface area contributed by atoms with Gasteiger partial charge in [-0.15, -0.1) is 0 Å². The summed E-state index contributed by atoms with van der Waals surface area (Å²) in [4.78, 5) is 22.3. The summed E-state index contributed by atoms with van der Waals surface area (Å²) in [7, 11) is 1.51. The van der Waals surface area contributed by atoms with Crippen molar-refractivity contribution in [2.45, 2.75) is 67.7 Å². The van der Waals surface area contributed by atoms with Crippen molar-refractivity contribution >= 4 is 23.5 Å². The third-order valence-electron chi connectivity index (χ3n) is 6.56. The zero-order valence-electron chi connectivity index (χ0n) is 19.4. The molecular weight excluding hydrogens is 472 g/mol. The smallest absolute Gasteiger partial charge is 0.382 e. The first kappa shape index (κ1) is 26.3. The number of nitrogens with two attached hydrogens (primary N) is 2. The number of aromatic nitrogens is 3. The molecule has 34 heavy (non-hydrogen) atoms. The standard InChI is InChI=1S/C20H24F4N6OS.C2H6/c1-29-17(31)13(32-12-3-2-8-27-15(12)20(22,23)24)16(26)28-18(29)30-9-6-19(7-10-30)5-4-11(21)14(19)25;1-2/h2-3,8,11,14H,4-7,9-10,25-26H2,1H3;1-2H3. The van der Waals surface area contributed by atoms with Crippen molar-refractivity contribution in [2.75, 3.05) is 23.7 Å². The van der Waals surface area contributed by atoms with Crippen molar-refractivity contribution in [3.8, 4) is 0 Å². The van der Waals surface area contributed by atoms with E-state index in [4.69, 9.17) is 11.5 Å². The van der Waals surface area contributed by atoms with Crippen LogP contribution in [0.4, 0.5) is 29.3 Å². The van der Waals surface area contributed by atoms with E-state index in [2.05, 4.69) is 9.97 Å². The minimum absolute atomic E-state index is 0.0960. The molecule has 2 aromatic rings. The Morgan fingerprint density at radius 2 is 1.85 bits per heavy atom. The number of anilines is 2. The van der Waals surface area contributed by atoms with Gasteiger partial charge in [0.25, 0.3) is 5.56 Å². The Labute approximate surface area is 199 Å². The van der Waals surface area contributed by atoms with Gasteiger partial charge in [0, 0.05) is 37.3 Å². The normalized spacial score (nSPS) is 21.9. The second kappa shape index (κ2) is 10.1. The number of piperidine rings is 1. The summed E-state index contributed by atoms with van der Waals surface area (Å²) >= 11 is 0.600. The highest BCUT2D eigenvalue weighted by Gasteiger charge is 2.48. The molecule has 2 aromatic heterocycles. The van der Waals surface area contributed by atoms with Crippen LogP contribution in [0.15, 0.2) is 32.9 Å². The largest absolute Gasteiger partial charge is 0.434 e. The lowest BCUT2D eigenvalue weighted by atomic mass is 9.74. The molecule has 2 fully saturated rings. The van der Waals surface area contributed by atoms with E-state index >= 15 is 0 Å². The van der Waals surface area contributed by atoms with Crippen molar-refractivity contribution in [3.63, 3.8) is 0 Å². The van der Waals surface area contributed by atoms with Crippen molar-refractivity contribution in [1.29, 1.82) is 0 Å². The van der Waals surface area contributed by atoms with Crippen LogP contribution in [0.2, 0.25) is 0 Å². The number of pyridine rings is 1. The van der Waals surface area contributed by atoms with E-state index in [0.717, 1.165) is 12.6 Å². The predicted octanol–water partition coefficient (Wildman–Crippen LogP) is 4.00. The molecule has 2 unspecified atom stereocenters. The Morgan fingerprint density at radius 3 is 2.41 bits per heavy atom. The van der Waals surface area contributed by atoms with Gasteiger partial charge in [-0.1, -0.05) is 25.6 Å². The highest BCUT2D eigenvalue weighted by molar-refractivity contribution is 7.99. The molecule has 1 saturated carbocycles. The van der Waals surface area contributed by atoms with Crippen LogP contribution in [0.5, 0.6) is 0 Å². The van der Waals surface area contributed by atoms with E-state index in [0.29, 0.717) is 50.1 Å². The molecule has 4 rings (SSSR count). The van der Waals surface area contributed by atoms with E-state index < -0.39 is 29.6 Å². The maximum Gasteiger partial charge on any atom is 0.434 e. The molecular formula is C22H30F4N6OS. The maximum atomic E-state index is 14.0. The number of hydrogen-bond acceptors (Lipinski definition) is 7. The zero-order valence-corrected chi connectivity index (χ0v) is 20.2. The molecule has 2 atom stereocenters. The molecule has 1 aliphatic carbocycles. The monoisotopic (exact) mass is 502 g/mol. The molecule has 1 aliphatic heterocycles. The molecule has 7 nitrogen and oxygen atoms in total. The van der Waals surface area contributed by atoms with Gasteiger partial charge in [-0.05, 0) is 43.2 Å². The number of halogens is 4. The van der Waals surface area contributed by atoms with Crippen LogP contribution in [0.3, 0.4) is 0 Å². The van der Waals surface area contributed by atoms with Gasteiger partial charge in [-0.2, -0.15) is 18.2 Å². The van der Waals surface area contributed by atoms with Crippen LogP contribution in [0.25, 0.3) is 0 Å². The van der Waals surface area contributed by atoms with Crippen LogP contribution in [0, 0.1) is 5.41 Å². The van der Waals surface area contributed by atoms with Gasteiger partial charge in [-0.3, -0.25) is 14.3 Å². The maximum absolute atomic E-state index is 14.0. The Morgan fingerprint density at radius 1 is 1.21 bits per heavy atom. The first-order chi connectivity index (χ1) is 16.0. The number of nitrogens with zero attached hydrogens (tertiary/aromatic N) is 4. The predicted molar refractivity (Wildman–Crippen MR) is 125 cm³/mol. The van der Waals surface area contributed by atoms with Crippen LogP contribution in [0.1, 0.15) is 45.2 Å². The van der Waals surface area contributed by atoms with Crippen LogP contribution in [-0.4, -0.2) is 39.8 Å². The van der Waals surface area contributed by atoms with E-state index in [1.807, 2.05) is 18.7 Å². The summed E-state index contributed by atoms with van der Waals surface area (Å²) in [5, 5.41) is 0. The Balaban J connectivity index is 0.00000158. The van der Waals surface area contributed by atoms with Gasteiger partial charge in [0.2, 0.25) is 5.95 Å². The fourth-order valence-corrected chi connectivity index (χ4v) is 5.66. The third kappa shape index (κ3) is 4.88. The average Bonchev–Trinajstić information content (AvgIpc) is 3.09. The third-order valence-corrected chi connectivity index (χ3v) is 7.70. The fraction of sp³-hybridized carbons (Fsp3) is 0.591. The van der Waals surface area contributed by atoms with Crippen molar-refractivity contribution in [2.24, 2.45) is 18.2 Å². The minimum Gasteiger partial charge on any atom is -0.382 e. The SMILES string of the molecule is CC.Cn1c(N2CCC3(CCC(F)C3N)CC2)nc(N)c(Sc2cccnc2C(F)(F)F)c1=O. The lowest BCUT2D eigenvalue weighted by Crippen LogP contribution is -2.50. The molecule has 12 heteroatoms. The first-order valence-corrected chi connectivity index (χ1v) is 12.1. The zero-order chi connectivity index (χ0) is 25.3. The Hall–Kier alpha value is -2.34. The number of nitrogen functional groups attached to an aromatic ring is 1. The highest BCUT2D eigenvalue weighted by atomic mass is 32.2. The number of rotatable bonds is 3. The van der Waals surface area contributed by atoms with Gasteiger partial charge in [0.15, 0.2) is 5.69 Å². The summed E-state index contributed by atoms with van der Waals surface area (Å²) in [5.74, 6) is 0.184. The molecule has 1 saturated heterocycles. The van der Waals surface area contributed by atoms with E-state index in [1.165, 1.54) is 23.7 Å². The van der Waals surface area contributed by atoms with Gasteiger partial charge in [0.05, 0.1) is 0 Å². The molecule has 0 amide bonds. The van der Waals surface area contributed by atoms with Crippen LogP contribution in [-0.2, 0) is 13.2 Å². The lowest BCUT2D eigenvalue weighted by Gasteiger charge is -2.42. The molecule has 4 N–H and O–H groups in total. The highest BCUT2D eigenvalue weighted by Crippen LogP contribution is 2.47. The average molecular weight is 503 g/mol. The first-order valence-electron chi connectivity index (χ1n) is 11.2. The molecule has 188 valence electrons. The van der Waals surface area contributed by atoms with E-state index in [-0.39, 0.29) is 21.0 Å². The summed E-state index contributed by atoms with van der Waals surface area (Å²) in [5.41, 5.74) is 10.3. The van der Waals surface area contributed by atoms with Crippen molar-refractivity contribution in [1.82, 2.24) is 14.5 Å². The van der Waals surface area contributed by atoms with Gasteiger partial charge in [-0.25, -0.2) is 4.39 Å². The molecule has 0 radical (unpaired) electrons. The molecule has 1 spiro atoms. The molecule has 0 aromatic carbocycles. The molecule has 3 heterocycles. The lowest BCUT2D eigenvalue weighted by molar-refractivity contribution is -0.143. The Kier molecular flexibility index (Phi) is 7.81. The minimum atomic E-state index is -4.67. The summed E-state index contributed by atoms with van der Waals surface area (Å²) in [6, 6.07) is 2.10. The number of hydrogen-bond donors (Lipinski definition) is 2. The van der Waals surface area contributed by atoms with Gasteiger partial charge in [0.1, 0.15) is 16.9 Å². The van der Waals surface area contributed by atoms with Crippen molar-refractivity contribution < 1.29 is 17.6 Å². The van der Waals surface area contributed by atoms with Gasteiger partial charge >= 0.3 is 6.18 Å². The molecule has 2 aliphatic rings. The topological polar surface area (TPSA) is 103 Å². The van der Waals surface area contributed by atoms with E-state index in [9.17, 15) is 22.4 Å². The quantitative estimate of drug-likeness (QED) is 0.612. The summed E-state index contributed by atoms with van der Waals surface area (Å²) in [6.07, 6.45) is -2.08. The second-order valence-corrected chi connectivity index (χ2v) is 9.42. The van der Waals surface area contributed by atoms with Crippen LogP contribution < -0.4 is 21.9 Å². The molecule has 0 bridgehead atoms. The van der Waals surface area contributed by atoms with Gasteiger partial charge < -0.3 is 16.4 Å². The summed E-state index contributed by atoms with van der Waals surface area (Å²) in [6.45, 7) is 5.07. The van der Waals surface area contributed by atoms with Crippen molar-refractivity contribution in [3.05, 3.63) is 34.4 Å². The Bertz CT molecular complexity index is 1070. The number of alkyl halides is 4. The van der Waals surface area contributed by atoms with E-state index in [1.54, 1.807) is 0 Å². The summed E-state index contributed by atoms with van der Waals surface area (Å²) < 4.78 is 55.1. The van der Waals surface area contributed by atoms with Crippen LogP contribution >= 0.6 is 11.8 Å². The second-order valence-electron chi connectivity index (χ2n) is 8.37.